The quantitative estimate of drug-likeness (QED) is 0.435. The van der Waals surface area contributed by atoms with E-state index in [4.69, 9.17) is 4.74 Å². The molecule has 0 N–H and O–H groups in total. The summed E-state index contributed by atoms with van der Waals surface area (Å²) in [5, 5.41) is 11.2. The van der Waals surface area contributed by atoms with Crippen LogP contribution in [0, 0.1) is 10.1 Å². The summed E-state index contributed by atoms with van der Waals surface area (Å²) in [6.45, 7) is 0. The molecule has 1 saturated heterocycles. The van der Waals surface area contributed by atoms with E-state index in [1.54, 1.807) is 0 Å². The van der Waals surface area contributed by atoms with Gasteiger partial charge in [0, 0.05) is 0 Å². The van der Waals surface area contributed by atoms with Crippen LogP contribution in [0.15, 0.2) is 30.3 Å². The van der Waals surface area contributed by atoms with Crippen LogP contribution < -0.4 is 0 Å². The number of rotatable bonds is 2. The molecule has 1 aliphatic heterocycles. The van der Waals surface area contributed by atoms with E-state index in [0.29, 0.717) is 0 Å². The lowest BCUT2D eigenvalue weighted by atomic mass is 9.80. The zero-order valence-electron chi connectivity index (χ0n) is 8.83. The van der Waals surface area contributed by atoms with Gasteiger partial charge < -0.3 is 0 Å². The third-order valence-electron chi connectivity index (χ3n) is 3.68. The monoisotopic (exact) mass is 219 g/mol. The molecule has 0 radical (unpaired) electrons. The fraction of sp³-hybridized carbons (Fsp3) is 0.500. The summed E-state index contributed by atoms with van der Waals surface area (Å²) in [5.41, 5.74) is -0.0824. The largest absolute Gasteiger partial charge is 0.358 e. The molecule has 1 aromatic rings. The first kappa shape index (κ1) is 9.78. The molecule has 0 unspecified atom stereocenters. The molecule has 0 aromatic heterocycles. The molecular formula is C12H13NO3. The predicted molar refractivity (Wildman–Crippen MR) is 57.6 cm³/mol. The second-order valence-corrected chi connectivity index (χ2v) is 4.51. The Kier molecular flexibility index (Phi) is 2.01. The first-order chi connectivity index (χ1) is 7.75. The number of nitro groups is 1. The molecule has 1 heterocycles. The second kappa shape index (κ2) is 3.28. The van der Waals surface area contributed by atoms with Crippen LogP contribution in [0.2, 0.25) is 0 Å². The van der Waals surface area contributed by atoms with Crippen molar-refractivity contribution in [2.24, 2.45) is 0 Å². The van der Waals surface area contributed by atoms with Crippen LogP contribution in [0.25, 0.3) is 0 Å². The fourth-order valence-corrected chi connectivity index (χ4v) is 2.86. The molecule has 0 spiro atoms. The topological polar surface area (TPSA) is 55.7 Å². The van der Waals surface area contributed by atoms with Gasteiger partial charge in [0.15, 0.2) is 6.10 Å². The highest BCUT2D eigenvalue weighted by Crippen LogP contribution is 2.55. The van der Waals surface area contributed by atoms with Gasteiger partial charge in [0.1, 0.15) is 0 Å². The van der Waals surface area contributed by atoms with E-state index < -0.39 is 5.72 Å². The lowest BCUT2D eigenvalue weighted by Crippen LogP contribution is -2.36. The third kappa shape index (κ3) is 1.19. The lowest BCUT2D eigenvalue weighted by molar-refractivity contribution is -0.569. The normalized spacial score (nSPS) is 36.5. The third-order valence-corrected chi connectivity index (χ3v) is 3.68. The summed E-state index contributed by atoms with van der Waals surface area (Å²) in [6.07, 6.45) is 2.52. The van der Waals surface area contributed by atoms with Gasteiger partial charge in [0.2, 0.25) is 0 Å². The minimum atomic E-state index is -1.11. The zero-order chi connectivity index (χ0) is 11.2. The van der Waals surface area contributed by atoms with Crippen molar-refractivity contribution < 1.29 is 9.66 Å². The molecule has 3 rings (SSSR count). The van der Waals surface area contributed by atoms with Crippen molar-refractivity contribution >= 4 is 0 Å². The minimum Gasteiger partial charge on any atom is -0.298 e. The van der Waals surface area contributed by atoms with Crippen molar-refractivity contribution in [1.29, 1.82) is 0 Å². The highest BCUT2D eigenvalue weighted by Gasteiger charge is 2.74. The van der Waals surface area contributed by atoms with E-state index in [-0.39, 0.29) is 16.9 Å². The fourth-order valence-electron chi connectivity index (χ4n) is 2.86. The molecular weight excluding hydrogens is 206 g/mol. The van der Waals surface area contributed by atoms with E-state index in [9.17, 15) is 10.1 Å². The van der Waals surface area contributed by atoms with Crippen molar-refractivity contribution in [3.8, 4) is 0 Å². The molecule has 1 aliphatic carbocycles. The van der Waals surface area contributed by atoms with Gasteiger partial charge in [-0.3, -0.25) is 14.9 Å². The summed E-state index contributed by atoms with van der Waals surface area (Å²) >= 11 is 0. The average molecular weight is 219 g/mol. The molecule has 2 aliphatic rings. The molecule has 3 atom stereocenters. The van der Waals surface area contributed by atoms with Crippen molar-refractivity contribution in [2.45, 2.75) is 37.0 Å². The summed E-state index contributed by atoms with van der Waals surface area (Å²) in [6, 6.07) is 9.69. The Bertz CT molecular complexity index is 420. The standard InChI is InChI=1S/C12H13NO3/c14-13(15)12-10(7-4-8-11(12)16-12)9-5-2-1-3-6-9/h1-3,5-6,10-11H,4,7-8H2/t10-,11-,12+/m1/s1. The first-order valence-electron chi connectivity index (χ1n) is 5.62. The number of ether oxygens (including phenoxy) is 1. The molecule has 1 saturated carbocycles. The van der Waals surface area contributed by atoms with Gasteiger partial charge in [-0.2, -0.15) is 0 Å². The molecule has 1 aromatic carbocycles. The highest BCUT2D eigenvalue weighted by atomic mass is 16.7. The van der Waals surface area contributed by atoms with E-state index in [0.717, 1.165) is 24.8 Å². The molecule has 0 amide bonds. The summed E-state index contributed by atoms with van der Waals surface area (Å²) in [7, 11) is 0. The van der Waals surface area contributed by atoms with E-state index in [1.807, 2.05) is 30.3 Å². The van der Waals surface area contributed by atoms with Gasteiger partial charge in [0.25, 0.3) is 0 Å². The molecule has 84 valence electrons. The molecule has 0 bridgehead atoms. The zero-order valence-corrected chi connectivity index (χ0v) is 8.83. The van der Waals surface area contributed by atoms with Crippen LogP contribution in [0.3, 0.4) is 0 Å². The Morgan fingerprint density at radius 1 is 1.31 bits per heavy atom. The Labute approximate surface area is 93.4 Å². The smallest absolute Gasteiger partial charge is 0.298 e. The molecule has 4 heteroatoms. The van der Waals surface area contributed by atoms with Crippen molar-refractivity contribution in [3.63, 3.8) is 0 Å². The van der Waals surface area contributed by atoms with Crippen LogP contribution in [0.4, 0.5) is 0 Å². The lowest BCUT2D eigenvalue weighted by Gasteiger charge is -2.21. The number of hydrogen-bond acceptors (Lipinski definition) is 3. The number of fused-ring (bicyclic) bond motifs is 1. The van der Waals surface area contributed by atoms with Crippen molar-refractivity contribution in [1.82, 2.24) is 0 Å². The SMILES string of the molecule is O=[N+]([O-])[C@@]12O[C@@H]1CCC[C@@H]2c1ccccc1. The van der Waals surface area contributed by atoms with Crippen LogP contribution in [0.5, 0.6) is 0 Å². The van der Waals surface area contributed by atoms with Crippen LogP contribution in [-0.4, -0.2) is 16.8 Å². The maximum Gasteiger partial charge on any atom is 0.358 e. The van der Waals surface area contributed by atoms with Gasteiger partial charge in [0.05, 0.1) is 10.8 Å². The molecule has 16 heavy (non-hydrogen) atoms. The van der Waals surface area contributed by atoms with Gasteiger partial charge in [-0.1, -0.05) is 30.3 Å². The van der Waals surface area contributed by atoms with E-state index in [2.05, 4.69) is 0 Å². The summed E-state index contributed by atoms with van der Waals surface area (Å²) < 4.78 is 5.39. The van der Waals surface area contributed by atoms with Crippen molar-refractivity contribution in [2.75, 3.05) is 0 Å². The maximum atomic E-state index is 11.2. The van der Waals surface area contributed by atoms with Crippen molar-refractivity contribution in [3.05, 3.63) is 46.0 Å². The van der Waals surface area contributed by atoms with Crippen LogP contribution in [0.1, 0.15) is 30.7 Å². The number of hydrogen-bond donors (Lipinski definition) is 0. The summed E-state index contributed by atoms with van der Waals surface area (Å²) in [4.78, 5) is 11.0. The molecule has 2 fully saturated rings. The molecule has 4 nitrogen and oxygen atoms in total. The summed E-state index contributed by atoms with van der Waals surface area (Å²) in [5.74, 6) is -0.0811. The Balaban J connectivity index is 1.97. The second-order valence-electron chi connectivity index (χ2n) is 4.51. The van der Waals surface area contributed by atoms with Crippen LogP contribution >= 0.6 is 0 Å². The number of nitrogens with zero attached hydrogens (tertiary/aromatic N) is 1. The van der Waals surface area contributed by atoms with E-state index in [1.165, 1.54) is 0 Å². The van der Waals surface area contributed by atoms with Gasteiger partial charge in [-0.05, 0) is 24.8 Å². The average Bonchev–Trinajstić information content (AvgIpc) is 3.05. The Hall–Kier alpha value is -1.42. The first-order valence-corrected chi connectivity index (χ1v) is 5.62. The number of epoxide rings is 1. The maximum absolute atomic E-state index is 11.2. The van der Waals surface area contributed by atoms with Gasteiger partial charge in [-0.25, -0.2) is 0 Å². The predicted octanol–water partition coefficient (Wildman–Crippen LogP) is 2.33. The van der Waals surface area contributed by atoms with Gasteiger partial charge >= 0.3 is 5.72 Å². The highest BCUT2D eigenvalue weighted by molar-refractivity contribution is 5.26. The van der Waals surface area contributed by atoms with Crippen LogP contribution in [-0.2, 0) is 4.74 Å². The minimum absolute atomic E-state index is 0.0811. The van der Waals surface area contributed by atoms with E-state index >= 15 is 0 Å². The van der Waals surface area contributed by atoms with Gasteiger partial charge in [-0.15, -0.1) is 0 Å². The Morgan fingerprint density at radius 2 is 2.06 bits per heavy atom. The Morgan fingerprint density at radius 3 is 2.75 bits per heavy atom. The number of benzene rings is 1.